The zero-order valence-corrected chi connectivity index (χ0v) is 20.4. The van der Waals surface area contributed by atoms with E-state index in [-0.39, 0.29) is 66.4 Å². The second kappa shape index (κ2) is 10.0. The molecule has 0 unspecified atom stereocenters. The summed E-state index contributed by atoms with van der Waals surface area (Å²) in [5.41, 5.74) is -0.577. The smallest absolute Gasteiger partial charge is 0.342 e. The van der Waals surface area contributed by atoms with E-state index in [1.807, 2.05) is 20.8 Å². The van der Waals surface area contributed by atoms with Crippen molar-refractivity contribution < 1.29 is 32.0 Å². The molecule has 32 heavy (non-hydrogen) atoms. The predicted octanol–water partition coefficient (Wildman–Crippen LogP) is 1.46. The Kier molecular flexibility index (Phi) is 8.11. The minimum absolute atomic E-state index is 0.0696. The number of nitrogens with one attached hydrogen (secondary N) is 1. The molecule has 0 aromatic carbocycles. The zero-order chi connectivity index (χ0) is 24.3. The Balaban J connectivity index is 1.96. The molecular formula is C21H33N3O7S. The summed E-state index contributed by atoms with van der Waals surface area (Å²) >= 11 is 0. The molecule has 2 rings (SSSR count). The number of aryl methyl sites for hydroxylation is 2. The molecule has 1 N–H and O–H groups in total. The van der Waals surface area contributed by atoms with Gasteiger partial charge in [0.1, 0.15) is 22.0 Å². The van der Waals surface area contributed by atoms with Gasteiger partial charge in [-0.2, -0.15) is 4.31 Å². The van der Waals surface area contributed by atoms with E-state index in [2.05, 4.69) is 5.32 Å². The SMILES string of the molecule is COC(=O)c1c(C)oc(C)c1S(=O)(=O)N1CCN(C(=O)CCCNC(=O)C(C)(C)C)CC1. The number of furan rings is 1. The number of amides is 2. The summed E-state index contributed by atoms with van der Waals surface area (Å²) in [6.45, 7) is 9.59. The van der Waals surface area contributed by atoms with Gasteiger partial charge in [0.05, 0.1) is 7.11 Å². The Morgan fingerprint density at radius 2 is 1.66 bits per heavy atom. The van der Waals surface area contributed by atoms with E-state index < -0.39 is 21.4 Å². The predicted molar refractivity (Wildman–Crippen MR) is 117 cm³/mol. The first kappa shape index (κ1) is 25.9. The highest BCUT2D eigenvalue weighted by molar-refractivity contribution is 7.89. The van der Waals surface area contributed by atoms with Crippen molar-refractivity contribution in [3.05, 3.63) is 17.1 Å². The van der Waals surface area contributed by atoms with Gasteiger partial charge in [0.15, 0.2) is 0 Å². The Hall–Kier alpha value is -2.40. The van der Waals surface area contributed by atoms with E-state index in [0.717, 1.165) is 0 Å². The normalized spacial score (nSPS) is 15.5. The van der Waals surface area contributed by atoms with Crippen molar-refractivity contribution >= 4 is 27.8 Å². The van der Waals surface area contributed by atoms with Crippen molar-refractivity contribution in [1.82, 2.24) is 14.5 Å². The van der Waals surface area contributed by atoms with Crippen molar-refractivity contribution in [2.45, 2.75) is 52.4 Å². The van der Waals surface area contributed by atoms with Crippen LogP contribution in [0.4, 0.5) is 0 Å². The number of hydrogen-bond acceptors (Lipinski definition) is 7. The van der Waals surface area contributed by atoms with E-state index in [1.54, 1.807) is 4.90 Å². The van der Waals surface area contributed by atoms with Gasteiger partial charge < -0.3 is 19.4 Å². The van der Waals surface area contributed by atoms with E-state index in [0.29, 0.717) is 13.0 Å². The molecule has 0 atom stereocenters. The molecule has 11 heteroatoms. The molecule has 0 radical (unpaired) electrons. The summed E-state index contributed by atoms with van der Waals surface area (Å²) < 4.78 is 37.8. The van der Waals surface area contributed by atoms with Crippen LogP contribution in [0.25, 0.3) is 0 Å². The molecule has 180 valence electrons. The molecule has 1 aromatic rings. The van der Waals surface area contributed by atoms with Gasteiger partial charge >= 0.3 is 5.97 Å². The molecule has 1 aliphatic rings. The van der Waals surface area contributed by atoms with Crippen molar-refractivity contribution in [3.63, 3.8) is 0 Å². The third kappa shape index (κ3) is 5.69. The maximum Gasteiger partial charge on any atom is 0.342 e. The summed E-state index contributed by atoms with van der Waals surface area (Å²) in [7, 11) is -2.82. The van der Waals surface area contributed by atoms with Gasteiger partial charge in [-0.1, -0.05) is 20.8 Å². The highest BCUT2D eigenvalue weighted by Gasteiger charge is 2.37. The maximum absolute atomic E-state index is 13.2. The average Bonchev–Trinajstić information content (AvgIpc) is 3.04. The Morgan fingerprint density at radius 1 is 1.06 bits per heavy atom. The van der Waals surface area contributed by atoms with Crippen LogP contribution in [0.1, 0.15) is 55.5 Å². The van der Waals surface area contributed by atoms with Crippen LogP contribution in [0.2, 0.25) is 0 Å². The number of esters is 1. The molecule has 1 aromatic heterocycles. The monoisotopic (exact) mass is 471 g/mol. The fraction of sp³-hybridized carbons (Fsp3) is 0.667. The lowest BCUT2D eigenvalue weighted by atomic mass is 9.96. The number of piperazine rings is 1. The van der Waals surface area contributed by atoms with Crippen LogP contribution in [0.15, 0.2) is 9.31 Å². The molecular weight excluding hydrogens is 438 g/mol. The van der Waals surface area contributed by atoms with E-state index >= 15 is 0 Å². The van der Waals surface area contributed by atoms with Gasteiger partial charge in [0.2, 0.25) is 21.8 Å². The lowest BCUT2D eigenvalue weighted by Crippen LogP contribution is -2.50. The molecule has 0 aliphatic carbocycles. The van der Waals surface area contributed by atoms with Crippen molar-refractivity contribution in [1.29, 1.82) is 0 Å². The summed E-state index contributed by atoms with van der Waals surface area (Å²) in [5, 5.41) is 2.81. The summed E-state index contributed by atoms with van der Waals surface area (Å²) in [4.78, 5) is 37.9. The molecule has 0 saturated carbocycles. The van der Waals surface area contributed by atoms with Crippen LogP contribution in [0.3, 0.4) is 0 Å². The number of carbonyl (C=O) groups is 3. The van der Waals surface area contributed by atoms with Gasteiger partial charge in [0, 0.05) is 44.6 Å². The van der Waals surface area contributed by atoms with Crippen LogP contribution >= 0.6 is 0 Å². The topological polar surface area (TPSA) is 126 Å². The van der Waals surface area contributed by atoms with Crippen LogP contribution in [-0.2, 0) is 24.3 Å². The van der Waals surface area contributed by atoms with Crippen LogP contribution in [0.5, 0.6) is 0 Å². The Labute approximate surface area is 189 Å². The number of methoxy groups -OCH3 is 1. The van der Waals surface area contributed by atoms with Crippen molar-refractivity contribution in [2.24, 2.45) is 5.41 Å². The first-order valence-corrected chi connectivity index (χ1v) is 12.0. The summed E-state index contributed by atoms with van der Waals surface area (Å²) in [6, 6.07) is 0. The fourth-order valence-electron chi connectivity index (χ4n) is 3.48. The van der Waals surface area contributed by atoms with E-state index in [9.17, 15) is 22.8 Å². The number of ether oxygens (including phenoxy) is 1. The highest BCUT2D eigenvalue weighted by Crippen LogP contribution is 2.30. The molecule has 1 saturated heterocycles. The number of sulfonamides is 1. The molecule has 2 heterocycles. The fourth-order valence-corrected chi connectivity index (χ4v) is 5.28. The molecule has 2 amide bonds. The minimum Gasteiger partial charge on any atom is -0.465 e. The standard InChI is InChI=1S/C21H33N3O7S/c1-14-17(19(26)30-6)18(15(2)31-14)32(28,29)24-12-10-23(11-13-24)16(25)8-7-9-22-20(27)21(3,4)5/h7-13H2,1-6H3,(H,22,27). The number of nitrogens with zero attached hydrogens (tertiary/aromatic N) is 2. The number of hydrogen-bond donors (Lipinski definition) is 1. The third-order valence-electron chi connectivity index (χ3n) is 5.32. The summed E-state index contributed by atoms with van der Waals surface area (Å²) in [6.07, 6.45) is 0.777. The molecule has 0 spiro atoms. The number of rotatable bonds is 7. The second-order valence-corrected chi connectivity index (χ2v) is 10.7. The molecule has 10 nitrogen and oxygen atoms in total. The lowest BCUT2D eigenvalue weighted by molar-refractivity contribution is -0.133. The first-order valence-electron chi connectivity index (χ1n) is 10.5. The summed E-state index contributed by atoms with van der Waals surface area (Å²) in [5.74, 6) is -0.623. The second-order valence-electron chi connectivity index (χ2n) is 8.80. The van der Waals surface area contributed by atoms with Crippen LogP contribution in [-0.4, -0.2) is 75.2 Å². The van der Waals surface area contributed by atoms with E-state index in [1.165, 1.54) is 25.3 Å². The highest BCUT2D eigenvalue weighted by atomic mass is 32.2. The zero-order valence-electron chi connectivity index (χ0n) is 19.6. The van der Waals surface area contributed by atoms with E-state index in [4.69, 9.17) is 9.15 Å². The third-order valence-corrected chi connectivity index (χ3v) is 7.37. The molecule has 1 fully saturated rings. The average molecular weight is 472 g/mol. The first-order chi connectivity index (χ1) is 14.8. The number of carbonyl (C=O) groups excluding carboxylic acids is 3. The van der Waals surface area contributed by atoms with Crippen LogP contribution < -0.4 is 5.32 Å². The molecule has 0 bridgehead atoms. The van der Waals surface area contributed by atoms with Crippen molar-refractivity contribution in [3.8, 4) is 0 Å². The maximum atomic E-state index is 13.2. The van der Waals surface area contributed by atoms with Gasteiger partial charge in [-0.15, -0.1) is 0 Å². The van der Waals surface area contributed by atoms with Crippen LogP contribution in [0, 0.1) is 19.3 Å². The van der Waals surface area contributed by atoms with Gasteiger partial charge in [-0.25, -0.2) is 13.2 Å². The minimum atomic E-state index is -4.00. The molecule has 1 aliphatic heterocycles. The Bertz CT molecular complexity index is 968. The van der Waals surface area contributed by atoms with Gasteiger partial charge in [-0.3, -0.25) is 9.59 Å². The lowest BCUT2D eigenvalue weighted by Gasteiger charge is -2.34. The largest absolute Gasteiger partial charge is 0.465 e. The quantitative estimate of drug-likeness (QED) is 0.471. The Morgan fingerprint density at radius 3 is 2.19 bits per heavy atom. The van der Waals surface area contributed by atoms with Gasteiger partial charge in [-0.05, 0) is 20.3 Å². The van der Waals surface area contributed by atoms with Gasteiger partial charge in [0.25, 0.3) is 0 Å². The van der Waals surface area contributed by atoms with Crippen molar-refractivity contribution in [2.75, 3.05) is 39.8 Å².